The summed E-state index contributed by atoms with van der Waals surface area (Å²) in [6.07, 6.45) is 6.12. The number of aromatic nitrogens is 12. The van der Waals surface area contributed by atoms with E-state index in [1.165, 1.54) is 37.4 Å². The summed E-state index contributed by atoms with van der Waals surface area (Å²) in [6, 6.07) is 21.2. The van der Waals surface area contributed by atoms with Crippen molar-refractivity contribution < 1.29 is 42.8 Å². The molecule has 1 N–H and O–H groups in total. The Balaban J connectivity index is 0.000000164. The Bertz CT molecular complexity index is 3770. The smallest absolute Gasteiger partial charge is 0.327 e. The molecule has 3 aromatic carbocycles. The first-order chi connectivity index (χ1) is 44.5. The Hall–Kier alpha value is -9.24. The molecular weight excluding hydrogens is 1270 g/mol. The van der Waals surface area contributed by atoms with Crippen LogP contribution in [0.4, 0.5) is 23.0 Å². The molecule has 488 valence electrons. The Morgan fingerprint density at radius 2 is 0.785 bits per heavy atom. The number of ether oxygens (including phenoxy) is 6. The number of hydrogen-bond donors (Lipinski definition) is 1. The summed E-state index contributed by atoms with van der Waals surface area (Å²) in [5.41, 5.74) is 1.74. The predicted octanol–water partition coefficient (Wildman–Crippen LogP) is 8.31. The Kier molecular flexibility index (Phi) is 23.7. The molecule has 12 rings (SSSR count). The van der Waals surface area contributed by atoms with Crippen molar-refractivity contribution in [2.24, 2.45) is 0 Å². The third-order valence-corrected chi connectivity index (χ3v) is 16.8. The largest absolute Gasteiger partial charge is 0.424 e. The van der Waals surface area contributed by atoms with Gasteiger partial charge in [-0.2, -0.15) is 44.9 Å². The molecule has 0 saturated carbocycles. The molecule has 3 amide bonds. The van der Waals surface area contributed by atoms with Gasteiger partial charge in [-0.25, -0.2) is 15.0 Å². The molecule has 0 atom stereocenters. The molecule has 93 heavy (non-hydrogen) atoms. The molecule has 9 aromatic rings. The maximum Gasteiger partial charge on any atom is 0.327 e. The van der Waals surface area contributed by atoms with Crippen molar-refractivity contribution in [1.82, 2.24) is 74.5 Å². The van der Waals surface area contributed by atoms with Gasteiger partial charge in [0.15, 0.2) is 22.6 Å². The molecule has 3 saturated heterocycles. The number of nitrogens with one attached hydrogen (secondary N) is 1. The van der Waals surface area contributed by atoms with E-state index in [4.69, 9.17) is 28.4 Å². The van der Waals surface area contributed by atoms with E-state index < -0.39 is 0 Å². The molecule has 0 unspecified atom stereocenters. The molecule has 6 aromatic heterocycles. The molecule has 0 aliphatic carbocycles. The Labute approximate surface area is 555 Å². The van der Waals surface area contributed by atoms with Crippen molar-refractivity contribution in [3.05, 3.63) is 118 Å². The molecule has 32 heteroatoms. The monoisotopic (exact) mass is 1340 g/mol. The van der Waals surface area contributed by atoms with Crippen LogP contribution in [0.1, 0.15) is 48.0 Å². The number of carbonyl (C=O) groups excluding carboxylic acids is 3. The highest BCUT2D eigenvalue weighted by atomic mass is 35.5. The molecule has 0 bridgehead atoms. The van der Waals surface area contributed by atoms with Crippen LogP contribution in [-0.4, -0.2) is 220 Å². The highest BCUT2D eigenvalue weighted by Crippen LogP contribution is 2.33. The van der Waals surface area contributed by atoms with Gasteiger partial charge in [-0.3, -0.25) is 14.4 Å². The van der Waals surface area contributed by atoms with Crippen molar-refractivity contribution >= 4 is 87.1 Å². The van der Waals surface area contributed by atoms with Crippen LogP contribution in [0.5, 0.6) is 35.3 Å². The minimum atomic E-state index is -0.0749. The Morgan fingerprint density at radius 3 is 1.08 bits per heavy atom. The van der Waals surface area contributed by atoms with Crippen molar-refractivity contribution in [3.8, 4) is 67.4 Å². The number of carbonyl (C=O) groups is 3. The summed E-state index contributed by atoms with van der Waals surface area (Å²) in [5.74, 6) is 4.56. The fourth-order valence-electron chi connectivity index (χ4n) is 8.84. The number of aryl methyl sites for hydroxylation is 2. The van der Waals surface area contributed by atoms with Gasteiger partial charge >= 0.3 is 18.0 Å². The van der Waals surface area contributed by atoms with Crippen LogP contribution in [0.15, 0.2) is 91.4 Å². The minimum absolute atomic E-state index is 0. The van der Waals surface area contributed by atoms with Gasteiger partial charge in [0.2, 0.25) is 17.8 Å². The number of anilines is 4. The van der Waals surface area contributed by atoms with Crippen molar-refractivity contribution in [2.45, 2.75) is 20.3 Å². The topological polar surface area (TPSA) is 293 Å². The maximum absolute atomic E-state index is 12.1. The van der Waals surface area contributed by atoms with E-state index in [2.05, 4.69) is 76.9 Å². The molecule has 28 nitrogen and oxygen atoms in total. The van der Waals surface area contributed by atoms with Gasteiger partial charge in [-0.15, -0.1) is 35.1 Å². The zero-order valence-corrected chi connectivity index (χ0v) is 56.0. The number of morpholine rings is 3. The molecule has 3 aliphatic heterocycles. The lowest BCUT2D eigenvalue weighted by Gasteiger charge is -2.26. The average molecular weight is 1350 g/mol. The third-order valence-electron chi connectivity index (χ3n) is 13.7. The summed E-state index contributed by atoms with van der Waals surface area (Å²) in [4.78, 5) is 103. The highest BCUT2D eigenvalue weighted by molar-refractivity contribution is 7.18. The zero-order chi connectivity index (χ0) is 64.7. The fraction of sp³-hybridized carbons (Fsp3) is 0.361. The third kappa shape index (κ3) is 18.3. The SMILES string of the molecule is CCc1ncc(-c2nc(Oc3ccc(C(=O)N(C)C)cc3)nc(N3CCOCC3)n2)s1.CNc1ncc(-c2nc(Oc3ccc(C(=O)N(C)C)cc3)nc(N3CCOCC3)n2)s1.Cc1ncc(-c2nc(Oc3ccc(C(=O)N(C)C)cc3)nc(N3CCOCC3)n2)s1.Cl. The van der Waals surface area contributed by atoms with Crippen LogP contribution >= 0.6 is 46.4 Å². The fourth-order valence-corrected chi connectivity index (χ4v) is 11.0. The molecule has 3 fully saturated rings. The van der Waals surface area contributed by atoms with Gasteiger partial charge < -0.3 is 63.1 Å². The zero-order valence-electron chi connectivity index (χ0n) is 52.7. The van der Waals surface area contributed by atoms with E-state index in [0.717, 1.165) is 36.2 Å². The summed E-state index contributed by atoms with van der Waals surface area (Å²) in [6.45, 7) is 11.9. The summed E-state index contributed by atoms with van der Waals surface area (Å²) in [7, 11) is 12.1. The van der Waals surface area contributed by atoms with Crippen LogP contribution in [0, 0.1) is 6.92 Å². The lowest BCUT2D eigenvalue weighted by atomic mass is 10.2. The number of thiazole rings is 3. The molecule has 3 aliphatic rings. The van der Waals surface area contributed by atoms with Gasteiger partial charge in [-0.1, -0.05) is 18.3 Å². The number of benzene rings is 3. The van der Waals surface area contributed by atoms with Crippen LogP contribution in [0.2, 0.25) is 0 Å². The van der Waals surface area contributed by atoms with Gasteiger partial charge in [-0.05, 0) is 86.1 Å². The molecule has 0 radical (unpaired) electrons. The van der Waals surface area contributed by atoms with Crippen LogP contribution in [0.25, 0.3) is 32.1 Å². The van der Waals surface area contributed by atoms with Crippen molar-refractivity contribution in [1.29, 1.82) is 0 Å². The highest BCUT2D eigenvalue weighted by Gasteiger charge is 2.24. The van der Waals surface area contributed by atoms with Gasteiger partial charge in [0.25, 0.3) is 17.7 Å². The van der Waals surface area contributed by atoms with Crippen molar-refractivity contribution in [3.63, 3.8) is 0 Å². The standard InChI is InChI=1S/C21H24N6O3S.C20H23N7O3S.C20H22N6O3S.ClH/c1-4-17-22-13-16(31-17)18-23-20(27-9-11-29-12-10-27)25-21(24-18)30-15-7-5-14(6-8-15)19(28)26(2)3;1-21-20-22-12-15(31-20)16-23-18(27-8-10-29-11-9-27)25-19(24-16)30-14-6-4-13(5-7-14)17(28)26(2)3;1-13-21-12-16(30-13)17-22-19(26-8-10-28-11-9-26)24-20(23-17)29-15-6-4-14(5-7-15)18(27)25(2)3;/h5-8,13H,4,9-12H2,1-3H3;4-7,12H,8-11H2,1-3H3,(H,21,22);4-7,12H,8-11H2,1-3H3;1H. The van der Waals surface area contributed by atoms with Gasteiger partial charge in [0.1, 0.15) is 17.2 Å². The molecule has 0 spiro atoms. The Morgan fingerprint density at radius 1 is 0.462 bits per heavy atom. The van der Waals surface area contributed by atoms with E-state index in [1.807, 2.05) is 23.8 Å². The van der Waals surface area contributed by atoms with E-state index in [9.17, 15) is 14.4 Å². The summed E-state index contributed by atoms with van der Waals surface area (Å²) >= 11 is 4.52. The van der Waals surface area contributed by atoms with Gasteiger partial charge in [0.05, 0.1) is 70.5 Å². The summed E-state index contributed by atoms with van der Waals surface area (Å²) < 4.78 is 34.1. The lowest BCUT2D eigenvalue weighted by molar-refractivity contribution is 0.0820. The second kappa shape index (κ2) is 32.4. The molecule has 9 heterocycles. The number of hydrogen-bond acceptors (Lipinski definition) is 28. The summed E-state index contributed by atoms with van der Waals surface area (Å²) in [5, 5.41) is 5.74. The van der Waals surface area contributed by atoms with Crippen LogP contribution in [0.3, 0.4) is 0 Å². The van der Waals surface area contributed by atoms with E-state index in [-0.39, 0.29) is 48.2 Å². The van der Waals surface area contributed by atoms with E-state index in [1.54, 1.807) is 145 Å². The number of amides is 3. The second-order valence-corrected chi connectivity index (χ2v) is 24.4. The quantitative estimate of drug-likeness (QED) is 0.0896. The maximum atomic E-state index is 12.1. The normalized spacial score (nSPS) is 13.7. The second-order valence-electron chi connectivity index (χ2n) is 21.0. The predicted molar refractivity (Wildman–Crippen MR) is 356 cm³/mol. The number of nitrogens with zero attached hydrogens (tertiary/aromatic N) is 18. The van der Waals surface area contributed by atoms with Crippen LogP contribution in [-0.2, 0) is 20.6 Å². The minimum Gasteiger partial charge on any atom is -0.424 e. The first-order valence-corrected chi connectivity index (χ1v) is 31.8. The van der Waals surface area contributed by atoms with Crippen molar-refractivity contribution in [2.75, 3.05) is 148 Å². The lowest BCUT2D eigenvalue weighted by Crippen LogP contribution is -2.37. The average Bonchev–Trinajstić information content (AvgIpc) is 1.91. The molecular formula is C61H70ClN19O9S3. The number of halogens is 1. The first kappa shape index (κ1) is 68.1. The van der Waals surface area contributed by atoms with E-state index in [0.29, 0.717) is 148 Å². The van der Waals surface area contributed by atoms with E-state index >= 15 is 0 Å². The number of rotatable bonds is 17. The van der Waals surface area contributed by atoms with Gasteiger partial charge in [0, 0.05) is 118 Å². The first-order valence-electron chi connectivity index (χ1n) is 29.3. The van der Waals surface area contributed by atoms with Crippen LogP contribution < -0.4 is 34.2 Å².